The minimum Gasteiger partial charge on any atom is -0.492 e. The maximum Gasteiger partial charge on any atom is 0.229 e. The van der Waals surface area contributed by atoms with Crippen molar-refractivity contribution in [1.29, 1.82) is 0 Å². The van der Waals surface area contributed by atoms with Crippen LogP contribution in [0, 0.1) is 0 Å². The highest BCUT2D eigenvalue weighted by Gasteiger charge is 2.44. The van der Waals surface area contributed by atoms with E-state index in [0.717, 1.165) is 30.5 Å². The molecule has 2 aromatic carbocycles. The molecule has 5 rings (SSSR count). The number of hydrogen-bond acceptors (Lipinski definition) is 7. The lowest BCUT2D eigenvalue weighted by molar-refractivity contribution is -0.268. The number of benzene rings is 2. The number of hydrogen-bond donors (Lipinski definition) is 3. The molecule has 3 aliphatic rings. The molecule has 6 unspecified atom stereocenters. The first-order valence-corrected chi connectivity index (χ1v) is 10.8. The minimum atomic E-state index is -1.38. The fourth-order valence-electron chi connectivity index (χ4n) is 5.17. The van der Waals surface area contributed by atoms with Gasteiger partial charge in [-0.2, -0.15) is 0 Å². The molecule has 166 valence electrons. The lowest BCUT2D eigenvalue weighted by Gasteiger charge is -2.42. The van der Waals surface area contributed by atoms with Gasteiger partial charge in [0.05, 0.1) is 13.2 Å². The maximum absolute atomic E-state index is 10.5. The lowest BCUT2D eigenvalue weighted by atomic mass is 9.76. The van der Waals surface area contributed by atoms with Gasteiger partial charge in [-0.25, -0.2) is 0 Å². The molecule has 1 fully saturated rings. The third-order valence-corrected chi connectivity index (χ3v) is 6.93. The van der Waals surface area contributed by atoms with Crippen molar-refractivity contribution in [2.24, 2.45) is 0 Å². The van der Waals surface area contributed by atoms with Crippen LogP contribution in [0.15, 0.2) is 30.3 Å². The molecule has 2 heterocycles. The topological polar surface area (TPSA) is 91.6 Å². The highest BCUT2D eigenvalue weighted by Crippen LogP contribution is 2.52. The van der Waals surface area contributed by atoms with E-state index in [2.05, 4.69) is 30.1 Å². The largest absolute Gasteiger partial charge is 0.492 e. The number of fused-ring (bicyclic) bond motifs is 2. The predicted octanol–water partition coefficient (Wildman–Crippen LogP) is 1.65. The van der Waals surface area contributed by atoms with E-state index < -0.39 is 30.7 Å². The first kappa shape index (κ1) is 20.7. The van der Waals surface area contributed by atoms with Crippen LogP contribution in [0.4, 0.5) is 0 Å². The number of rotatable bonds is 3. The van der Waals surface area contributed by atoms with Crippen LogP contribution in [0.5, 0.6) is 11.5 Å². The third-order valence-electron chi connectivity index (χ3n) is 6.93. The number of methoxy groups -OCH3 is 1. The fourth-order valence-corrected chi connectivity index (χ4v) is 5.17. The molecule has 7 nitrogen and oxygen atoms in total. The van der Waals surface area contributed by atoms with Gasteiger partial charge < -0.3 is 29.5 Å². The van der Waals surface area contributed by atoms with Crippen molar-refractivity contribution in [2.75, 3.05) is 20.7 Å². The normalized spacial score (nSPS) is 32.2. The van der Waals surface area contributed by atoms with E-state index in [1.165, 1.54) is 16.7 Å². The van der Waals surface area contributed by atoms with Gasteiger partial charge in [0.2, 0.25) is 6.29 Å². The number of nitrogens with zero attached hydrogens (tertiary/aromatic N) is 1. The van der Waals surface area contributed by atoms with E-state index in [0.29, 0.717) is 11.5 Å². The summed E-state index contributed by atoms with van der Waals surface area (Å²) in [5.41, 5.74) is 5.87. The zero-order valence-corrected chi connectivity index (χ0v) is 18.0. The smallest absolute Gasteiger partial charge is 0.229 e. The van der Waals surface area contributed by atoms with Crippen molar-refractivity contribution in [1.82, 2.24) is 4.90 Å². The third kappa shape index (κ3) is 3.23. The Balaban J connectivity index is 1.63. The van der Waals surface area contributed by atoms with Crippen LogP contribution in [0.2, 0.25) is 0 Å². The second-order valence-corrected chi connectivity index (χ2v) is 8.76. The molecule has 0 saturated carbocycles. The van der Waals surface area contributed by atoms with Gasteiger partial charge in [0.25, 0.3) is 0 Å². The number of aliphatic hydroxyl groups is 3. The highest BCUT2D eigenvalue weighted by atomic mass is 16.7. The molecule has 31 heavy (non-hydrogen) atoms. The number of likely N-dealkylation sites (N-methyl/N-ethyl adjacent to an activating group) is 1. The molecule has 7 heteroatoms. The average Bonchev–Trinajstić information content (AvgIpc) is 2.78. The second kappa shape index (κ2) is 7.76. The first-order valence-electron chi connectivity index (χ1n) is 10.8. The molecule has 2 aromatic rings. The summed E-state index contributed by atoms with van der Waals surface area (Å²) in [7, 11) is 3.77. The van der Waals surface area contributed by atoms with Crippen molar-refractivity contribution in [3.8, 4) is 22.6 Å². The molecule has 0 bridgehead atoms. The van der Waals surface area contributed by atoms with E-state index in [9.17, 15) is 15.3 Å². The van der Waals surface area contributed by atoms with Gasteiger partial charge in [0.15, 0.2) is 11.5 Å². The molecule has 0 aromatic heterocycles. The van der Waals surface area contributed by atoms with Gasteiger partial charge in [0, 0.05) is 18.2 Å². The Morgan fingerprint density at radius 2 is 1.84 bits per heavy atom. The van der Waals surface area contributed by atoms with Crippen LogP contribution in [-0.2, 0) is 17.6 Å². The maximum atomic E-state index is 10.5. The number of ether oxygens (including phenoxy) is 3. The summed E-state index contributed by atoms with van der Waals surface area (Å²) in [6.07, 6.45) is -3.88. The summed E-state index contributed by atoms with van der Waals surface area (Å²) in [6, 6.07) is 10.6. The summed E-state index contributed by atoms with van der Waals surface area (Å²) in [5.74, 6) is 1.06. The summed E-state index contributed by atoms with van der Waals surface area (Å²) >= 11 is 0. The quantitative estimate of drug-likeness (QED) is 0.686. The van der Waals surface area contributed by atoms with Crippen molar-refractivity contribution in [3.63, 3.8) is 0 Å². The Bertz CT molecular complexity index is 994. The highest BCUT2D eigenvalue weighted by molar-refractivity contribution is 5.83. The van der Waals surface area contributed by atoms with Crippen molar-refractivity contribution in [2.45, 2.75) is 56.5 Å². The van der Waals surface area contributed by atoms with Gasteiger partial charge in [-0.05, 0) is 55.1 Å². The Kier molecular flexibility index (Phi) is 5.19. The van der Waals surface area contributed by atoms with Gasteiger partial charge in [-0.3, -0.25) is 4.90 Å². The van der Waals surface area contributed by atoms with Gasteiger partial charge in [-0.15, -0.1) is 0 Å². The van der Waals surface area contributed by atoms with Crippen molar-refractivity contribution in [3.05, 3.63) is 47.0 Å². The zero-order valence-electron chi connectivity index (χ0n) is 18.0. The summed E-state index contributed by atoms with van der Waals surface area (Å²) < 4.78 is 17.7. The monoisotopic (exact) mass is 427 g/mol. The molecule has 0 spiro atoms. The van der Waals surface area contributed by atoms with Crippen LogP contribution in [0.1, 0.15) is 29.7 Å². The van der Waals surface area contributed by atoms with Gasteiger partial charge in [-0.1, -0.05) is 24.3 Å². The molecule has 2 aliphatic heterocycles. The number of aliphatic hydroxyl groups excluding tert-OH is 3. The second-order valence-electron chi connectivity index (χ2n) is 8.76. The van der Waals surface area contributed by atoms with E-state index >= 15 is 0 Å². The van der Waals surface area contributed by atoms with Crippen molar-refractivity contribution >= 4 is 0 Å². The van der Waals surface area contributed by atoms with E-state index in [-0.39, 0.29) is 6.04 Å². The van der Waals surface area contributed by atoms with E-state index in [4.69, 9.17) is 14.2 Å². The van der Waals surface area contributed by atoms with E-state index in [1.807, 2.05) is 12.1 Å². The average molecular weight is 427 g/mol. The molecule has 3 N–H and O–H groups in total. The van der Waals surface area contributed by atoms with Crippen molar-refractivity contribution < 1.29 is 29.5 Å². The minimum absolute atomic E-state index is 0.269. The van der Waals surface area contributed by atoms with Crippen LogP contribution in [0.3, 0.4) is 0 Å². The Morgan fingerprint density at radius 1 is 1.06 bits per heavy atom. The van der Waals surface area contributed by atoms with Crippen LogP contribution in [0.25, 0.3) is 11.1 Å². The summed E-state index contributed by atoms with van der Waals surface area (Å²) in [5, 5.41) is 30.6. The molecule has 1 saturated heterocycles. The molecule has 1 aliphatic carbocycles. The summed E-state index contributed by atoms with van der Waals surface area (Å²) in [6.45, 7) is 2.58. The SMILES string of the molecule is COc1c(OC2OC(C)C(O)C(O)C2O)cc2c3c1-c1ccccc1CC3N(C)CC2. The van der Waals surface area contributed by atoms with Crippen LogP contribution in [-0.4, -0.2) is 71.6 Å². The Hall–Kier alpha value is -2.16. The molecule has 0 radical (unpaired) electrons. The van der Waals surface area contributed by atoms with Crippen LogP contribution >= 0.6 is 0 Å². The lowest BCUT2D eigenvalue weighted by Crippen LogP contribution is -2.58. The molecule has 6 atom stereocenters. The first-order chi connectivity index (χ1) is 14.9. The van der Waals surface area contributed by atoms with Gasteiger partial charge in [0.1, 0.15) is 18.3 Å². The fraction of sp³-hybridized carbons (Fsp3) is 0.500. The van der Waals surface area contributed by atoms with Gasteiger partial charge >= 0.3 is 0 Å². The van der Waals surface area contributed by atoms with Crippen LogP contribution < -0.4 is 9.47 Å². The standard InChI is InChI=1S/C24H29NO6/c1-12-20(26)21(27)22(28)24(30-12)31-17-11-14-8-9-25(2)16-10-13-6-4-5-7-15(13)19(18(14)16)23(17)29-3/h4-7,11-12,16,20-22,24,26-28H,8-10H2,1-3H3. The predicted molar refractivity (Wildman–Crippen MR) is 114 cm³/mol. The van der Waals surface area contributed by atoms with E-state index in [1.54, 1.807) is 14.0 Å². The molecule has 0 amide bonds. The zero-order chi connectivity index (χ0) is 21.9. The Labute approximate surface area is 181 Å². The molecular weight excluding hydrogens is 398 g/mol. The Morgan fingerprint density at radius 3 is 2.61 bits per heavy atom. The molecular formula is C24H29NO6. The summed E-state index contributed by atoms with van der Waals surface area (Å²) in [4.78, 5) is 2.38.